The lowest BCUT2D eigenvalue weighted by atomic mass is 10.1. The molecule has 4 nitrogen and oxygen atoms in total. The average Bonchev–Trinajstić information content (AvgIpc) is 3.18. The van der Waals surface area contributed by atoms with Gasteiger partial charge in [0.25, 0.3) is 16.3 Å². The van der Waals surface area contributed by atoms with Gasteiger partial charge in [-0.1, -0.05) is 82.7 Å². The summed E-state index contributed by atoms with van der Waals surface area (Å²) in [6.07, 6.45) is 1.86. The second kappa shape index (κ2) is 8.06. The van der Waals surface area contributed by atoms with E-state index in [2.05, 4.69) is 20.9 Å². The van der Waals surface area contributed by atoms with Crippen LogP contribution in [0.25, 0.3) is 15.6 Å². The van der Waals surface area contributed by atoms with Gasteiger partial charge < -0.3 is 5.11 Å². The summed E-state index contributed by atoms with van der Waals surface area (Å²) in [4.78, 5) is 18.7. The fraction of sp³-hybridized carbons (Fsp3) is 0. The summed E-state index contributed by atoms with van der Waals surface area (Å²) in [5.41, 5.74) is 1.42. The Morgan fingerprint density at radius 1 is 0.839 bits per heavy atom. The molecule has 6 heteroatoms. The normalized spacial score (nSPS) is 11.8. The molecule has 5 rings (SSSR count). The third kappa shape index (κ3) is 3.54. The van der Waals surface area contributed by atoms with Crippen LogP contribution < -0.4 is 9.51 Å². The molecule has 0 fully saturated rings. The smallest absolute Gasteiger partial charge is 0.296 e. The van der Waals surface area contributed by atoms with Crippen LogP contribution >= 0.6 is 27.3 Å². The van der Waals surface area contributed by atoms with Gasteiger partial charge in [0.2, 0.25) is 0 Å². The first-order valence-corrected chi connectivity index (χ1v) is 11.2. The summed E-state index contributed by atoms with van der Waals surface area (Å²) in [6.45, 7) is 0. The second-order valence-corrected chi connectivity index (χ2v) is 8.76. The minimum absolute atomic E-state index is 0.175. The first-order chi connectivity index (χ1) is 15.1. The van der Waals surface area contributed by atoms with E-state index in [0.717, 1.165) is 20.1 Å². The van der Waals surface area contributed by atoms with Crippen molar-refractivity contribution in [1.29, 1.82) is 0 Å². The molecular formula is C25H15BrN2O2S. The van der Waals surface area contributed by atoms with Crippen LogP contribution in [0.3, 0.4) is 0 Å². The Morgan fingerprint density at radius 3 is 2.23 bits per heavy atom. The third-order valence-corrected chi connectivity index (χ3v) is 6.78. The Morgan fingerprint density at radius 2 is 1.52 bits per heavy atom. The van der Waals surface area contributed by atoms with Crippen molar-refractivity contribution >= 4 is 59.6 Å². The van der Waals surface area contributed by atoms with E-state index >= 15 is 0 Å². The SMILES string of the molecule is O=C(c1ccccc1)c1c(/N=C(/[O-])c2ccccc2)sc2c3cccc(Br)c3cc[n+]12. The summed E-state index contributed by atoms with van der Waals surface area (Å²) < 4.78 is 2.81. The molecular weight excluding hydrogens is 472 g/mol. The van der Waals surface area contributed by atoms with Gasteiger partial charge in [0.1, 0.15) is 0 Å². The molecule has 0 amide bonds. The zero-order valence-electron chi connectivity index (χ0n) is 16.2. The van der Waals surface area contributed by atoms with Crippen LogP contribution in [0.2, 0.25) is 0 Å². The number of benzene rings is 3. The van der Waals surface area contributed by atoms with E-state index in [9.17, 15) is 9.90 Å². The van der Waals surface area contributed by atoms with E-state index < -0.39 is 0 Å². The van der Waals surface area contributed by atoms with Crippen molar-refractivity contribution in [3.63, 3.8) is 0 Å². The van der Waals surface area contributed by atoms with Gasteiger partial charge in [0.15, 0.2) is 11.2 Å². The van der Waals surface area contributed by atoms with Gasteiger partial charge in [-0.15, -0.1) is 4.40 Å². The number of aliphatic imine (C=N–C) groups is 1. The maximum Gasteiger partial charge on any atom is 0.296 e. The maximum absolute atomic E-state index is 13.5. The average molecular weight is 487 g/mol. The molecule has 0 saturated carbocycles. The minimum atomic E-state index is -0.375. The van der Waals surface area contributed by atoms with Gasteiger partial charge in [-0.05, 0) is 34.9 Å². The summed E-state index contributed by atoms with van der Waals surface area (Å²) in [6, 6.07) is 25.8. The predicted octanol–water partition coefficient (Wildman–Crippen LogP) is 5.07. The number of fused-ring (bicyclic) bond motifs is 3. The molecule has 3 aromatic carbocycles. The van der Waals surface area contributed by atoms with E-state index in [0.29, 0.717) is 21.8 Å². The van der Waals surface area contributed by atoms with E-state index in [1.165, 1.54) is 11.3 Å². The number of carbonyl (C=O) groups is 1. The molecule has 0 spiro atoms. The molecule has 0 aliphatic carbocycles. The predicted molar refractivity (Wildman–Crippen MR) is 125 cm³/mol. The van der Waals surface area contributed by atoms with Crippen LogP contribution in [0, 0.1) is 0 Å². The molecule has 0 bridgehead atoms. The monoisotopic (exact) mass is 486 g/mol. The molecule has 2 aromatic heterocycles. The van der Waals surface area contributed by atoms with Gasteiger partial charge >= 0.3 is 0 Å². The number of nitrogens with zero attached hydrogens (tertiary/aromatic N) is 2. The second-order valence-electron chi connectivity index (χ2n) is 6.93. The maximum atomic E-state index is 13.5. The number of pyridine rings is 1. The first kappa shape index (κ1) is 19.6. The van der Waals surface area contributed by atoms with Gasteiger partial charge in [0.05, 0.1) is 5.39 Å². The van der Waals surface area contributed by atoms with Crippen molar-refractivity contribution in [3.8, 4) is 0 Å². The lowest BCUT2D eigenvalue weighted by Crippen LogP contribution is -2.28. The van der Waals surface area contributed by atoms with Crippen molar-refractivity contribution in [2.24, 2.45) is 4.99 Å². The Hall–Kier alpha value is -3.35. The van der Waals surface area contributed by atoms with E-state index in [4.69, 9.17) is 0 Å². The number of aromatic nitrogens is 1. The quantitative estimate of drug-likeness (QED) is 0.154. The third-order valence-electron chi connectivity index (χ3n) is 5.00. The van der Waals surface area contributed by atoms with Crippen LogP contribution in [-0.2, 0) is 0 Å². The number of rotatable bonds is 4. The number of hydrogen-bond donors (Lipinski definition) is 0. The molecule has 0 N–H and O–H groups in total. The van der Waals surface area contributed by atoms with Gasteiger partial charge in [-0.3, -0.25) is 4.79 Å². The minimum Gasteiger partial charge on any atom is -0.858 e. The Kier molecular flexibility index (Phi) is 5.10. The van der Waals surface area contributed by atoms with Crippen LogP contribution in [0.4, 0.5) is 5.00 Å². The van der Waals surface area contributed by atoms with Gasteiger partial charge in [-0.2, -0.15) is 0 Å². The van der Waals surface area contributed by atoms with Crippen molar-refractivity contribution in [2.75, 3.05) is 0 Å². The van der Waals surface area contributed by atoms with Crippen molar-refractivity contribution in [3.05, 3.63) is 112 Å². The summed E-state index contributed by atoms with van der Waals surface area (Å²) in [5, 5.41) is 15.2. The molecule has 0 unspecified atom stereocenters. The van der Waals surface area contributed by atoms with Crippen LogP contribution in [0.1, 0.15) is 21.6 Å². The van der Waals surface area contributed by atoms with E-state index in [1.807, 2.05) is 59.1 Å². The highest BCUT2D eigenvalue weighted by molar-refractivity contribution is 9.10. The Labute approximate surface area is 190 Å². The summed E-state index contributed by atoms with van der Waals surface area (Å²) in [5.74, 6) is -0.550. The van der Waals surface area contributed by atoms with Crippen LogP contribution in [0.5, 0.6) is 0 Å². The Bertz CT molecular complexity index is 1460. The number of hydrogen-bond acceptors (Lipinski definition) is 4. The van der Waals surface area contributed by atoms with E-state index in [-0.39, 0.29) is 11.7 Å². The first-order valence-electron chi connectivity index (χ1n) is 9.60. The summed E-state index contributed by atoms with van der Waals surface area (Å²) in [7, 11) is 0. The largest absolute Gasteiger partial charge is 0.858 e. The van der Waals surface area contributed by atoms with Crippen LogP contribution in [0.15, 0.2) is 101 Å². The molecule has 0 aliphatic rings. The lowest BCUT2D eigenvalue weighted by molar-refractivity contribution is -0.508. The molecule has 0 atom stereocenters. The molecule has 5 aromatic rings. The zero-order valence-corrected chi connectivity index (χ0v) is 18.6. The van der Waals surface area contributed by atoms with Crippen molar-refractivity contribution < 1.29 is 14.3 Å². The Balaban J connectivity index is 1.80. The van der Waals surface area contributed by atoms with Gasteiger partial charge in [0, 0.05) is 21.5 Å². The summed E-state index contributed by atoms with van der Waals surface area (Å²) >= 11 is 4.94. The molecule has 0 aliphatic heterocycles. The molecule has 0 saturated heterocycles. The number of ketones is 1. The highest BCUT2D eigenvalue weighted by Gasteiger charge is 2.30. The van der Waals surface area contributed by atoms with Gasteiger partial charge in [-0.25, -0.2) is 4.99 Å². The lowest BCUT2D eigenvalue weighted by Gasteiger charge is -2.09. The molecule has 2 heterocycles. The van der Waals surface area contributed by atoms with Crippen LogP contribution in [-0.4, -0.2) is 11.7 Å². The molecule has 150 valence electrons. The number of halogens is 1. The standard InChI is InChI=1S/C25H15BrN2O2S/c26-20-13-7-12-19-18(20)14-15-28-21(22(29)16-8-3-1-4-9-16)24(31-25(19)28)27-23(30)17-10-5-2-6-11-17/h1-15H. The zero-order chi connectivity index (χ0) is 21.4. The fourth-order valence-electron chi connectivity index (χ4n) is 3.51. The highest BCUT2D eigenvalue weighted by atomic mass is 79.9. The molecule has 0 radical (unpaired) electrons. The number of carbonyl (C=O) groups excluding carboxylic acids is 1. The number of thiazole rings is 1. The van der Waals surface area contributed by atoms with E-state index in [1.54, 1.807) is 36.4 Å². The van der Waals surface area contributed by atoms with Crippen molar-refractivity contribution in [2.45, 2.75) is 0 Å². The topological polar surface area (TPSA) is 56.6 Å². The highest BCUT2D eigenvalue weighted by Crippen LogP contribution is 2.34. The molecule has 31 heavy (non-hydrogen) atoms. The fourth-order valence-corrected chi connectivity index (χ4v) is 5.14. The van der Waals surface area contributed by atoms with Crippen molar-refractivity contribution in [1.82, 2.24) is 0 Å².